The lowest BCUT2D eigenvalue weighted by molar-refractivity contribution is -0.149. The summed E-state index contributed by atoms with van der Waals surface area (Å²) < 4.78 is 0. The molecule has 0 radical (unpaired) electrons. The number of hydrogen-bond acceptors (Lipinski definition) is 1. The van der Waals surface area contributed by atoms with Gasteiger partial charge >= 0.3 is 0 Å². The number of carbonyl (C=O) groups excluding carboxylic acids is 1. The van der Waals surface area contributed by atoms with Gasteiger partial charge < -0.3 is 4.90 Å². The maximum Gasteiger partial charge on any atom is 0.233 e. The molecule has 2 nitrogen and oxygen atoms in total. The molecule has 0 saturated carbocycles. The van der Waals surface area contributed by atoms with E-state index in [0.717, 1.165) is 12.1 Å². The van der Waals surface area contributed by atoms with Crippen molar-refractivity contribution < 1.29 is 4.79 Å². The summed E-state index contributed by atoms with van der Waals surface area (Å²) in [5.74, 6) is 0.214. The zero-order valence-corrected chi connectivity index (χ0v) is 11.0. The van der Waals surface area contributed by atoms with Gasteiger partial charge in [0.05, 0.1) is 12.0 Å². The van der Waals surface area contributed by atoms with Crippen molar-refractivity contribution in [2.75, 3.05) is 6.54 Å². The molecule has 96 valence electrons. The summed E-state index contributed by atoms with van der Waals surface area (Å²) in [6, 6.07) is 20.6. The minimum atomic E-state index is -0.0245. The predicted octanol–water partition coefficient (Wildman–Crippen LogP) is 3.37. The first-order valence-electron chi connectivity index (χ1n) is 6.73. The van der Waals surface area contributed by atoms with E-state index < -0.39 is 0 Å². The fraction of sp³-hybridized carbons (Fsp3) is 0.235. The molecule has 1 aliphatic heterocycles. The van der Waals surface area contributed by atoms with Gasteiger partial charge in [-0.2, -0.15) is 0 Å². The predicted molar refractivity (Wildman–Crippen MR) is 75.8 cm³/mol. The topological polar surface area (TPSA) is 20.3 Å². The largest absolute Gasteiger partial charge is 0.334 e. The minimum Gasteiger partial charge on any atom is -0.334 e. The first-order valence-corrected chi connectivity index (χ1v) is 6.73. The van der Waals surface area contributed by atoms with Crippen molar-refractivity contribution in [2.24, 2.45) is 0 Å². The van der Waals surface area contributed by atoms with Crippen LogP contribution in [0.1, 0.15) is 30.0 Å². The number of β-lactam (4-membered cyclic amide) rings is 1. The van der Waals surface area contributed by atoms with Crippen molar-refractivity contribution in [3.05, 3.63) is 71.8 Å². The molecule has 1 fully saturated rings. The lowest BCUT2D eigenvalue weighted by Crippen LogP contribution is -2.53. The number of amides is 1. The zero-order chi connectivity index (χ0) is 13.2. The van der Waals surface area contributed by atoms with E-state index in [1.807, 2.05) is 60.4 Å². The van der Waals surface area contributed by atoms with Crippen LogP contribution in [0, 0.1) is 0 Å². The van der Waals surface area contributed by atoms with Crippen LogP contribution in [-0.2, 0) is 4.79 Å². The van der Waals surface area contributed by atoms with Crippen LogP contribution in [0.3, 0.4) is 0 Å². The summed E-state index contributed by atoms with van der Waals surface area (Å²) >= 11 is 0. The quantitative estimate of drug-likeness (QED) is 0.766. The van der Waals surface area contributed by atoms with Gasteiger partial charge in [0, 0.05) is 6.54 Å². The van der Waals surface area contributed by atoms with Crippen LogP contribution in [0.4, 0.5) is 0 Å². The molecule has 2 aromatic carbocycles. The second kappa shape index (κ2) is 4.88. The van der Waals surface area contributed by atoms with Crippen LogP contribution < -0.4 is 0 Å². The van der Waals surface area contributed by atoms with Gasteiger partial charge in [-0.1, -0.05) is 60.7 Å². The maximum absolute atomic E-state index is 12.3. The van der Waals surface area contributed by atoms with Crippen molar-refractivity contribution in [3.63, 3.8) is 0 Å². The second-order valence-corrected chi connectivity index (χ2v) is 4.87. The molecule has 0 spiro atoms. The molecule has 2 heteroatoms. The van der Waals surface area contributed by atoms with Crippen LogP contribution in [0.2, 0.25) is 0 Å². The molecule has 0 aromatic heterocycles. The van der Waals surface area contributed by atoms with Crippen molar-refractivity contribution >= 4 is 5.91 Å². The summed E-state index contributed by atoms with van der Waals surface area (Å²) in [4.78, 5) is 14.3. The number of likely N-dealkylation sites (tertiary alicyclic amines) is 1. The number of likely N-dealkylation sites (N-methyl/N-ethyl adjacent to an activating group) is 1. The van der Waals surface area contributed by atoms with Gasteiger partial charge in [0.25, 0.3) is 0 Å². The summed E-state index contributed by atoms with van der Waals surface area (Å²) in [5.41, 5.74) is 2.34. The number of rotatable bonds is 3. The molecule has 0 aliphatic carbocycles. The van der Waals surface area contributed by atoms with Crippen molar-refractivity contribution in [3.8, 4) is 0 Å². The molecule has 1 heterocycles. The second-order valence-electron chi connectivity index (χ2n) is 4.87. The number of benzene rings is 2. The normalized spacial score (nSPS) is 22.2. The Hall–Kier alpha value is -2.09. The van der Waals surface area contributed by atoms with Crippen LogP contribution in [0.15, 0.2) is 60.7 Å². The van der Waals surface area contributed by atoms with E-state index in [4.69, 9.17) is 0 Å². The van der Waals surface area contributed by atoms with Gasteiger partial charge in [0.1, 0.15) is 0 Å². The van der Waals surface area contributed by atoms with E-state index in [0.29, 0.717) is 0 Å². The lowest BCUT2D eigenvalue weighted by Gasteiger charge is -2.47. The SMILES string of the molecule is CCN1C(=O)[C@H](c2ccccc2)[C@H]1c1ccccc1. The fourth-order valence-electron chi connectivity index (χ4n) is 2.91. The number of hydrogen-bond donors (Lipinski definition) is 0. The van der Waals surface area contributed by atoms with Crippen molar-refractivity contribution in [1.29, 1.82) is 0 Å². The van der Waals surface area contributed by atoms with Gasteiger partial charge in [-0.15, -0.1) is 0 Å². The van der Waals surface area contributed by atoms with E-state index in [-0.39, 0.29) is 17.9 Å². The molecule has 1 amide bonds. The maximum atomic E-state index is 12.3. The number of nitrogens with zero attached hydrogens (tertiary/aromatic N) is 1. The summed E-state index contributed by atoms with van der Waals surface area (Å²) in [5, 5.41) is 0. The Labute approximate surface area is 113 Å². The smallest absolute Gasteiger partial charge is 0.233 e. The minimum absolute atomic E-state index is 0.0245. The molecule has 1 aliphatic rings. The van der Waals surface area contributed by atoms with Gasteiger partial charge in [-0.25, -0.2) is 0 Å². The molecule has 2 atom stereocenters. The van der Waals surface area contributed by atoms with Crippen LogP contribution >= 0.6 is 0 Å². The van der Waals surface area contributed by atoms with E-state index in [1.165, 1.54) is 5.56 Å². The standard InChI is InChI=1S/C17H17NO/c1-2-18-16(14-11-7-4-8-12-14)15(17(18)19)13-9-5-3-6-10-13/h3-12,15-16H,2H2,1H3/t15-,16-/m1/s1. The summed E-state index contributed by atoms with van der Waals surface area (Å²) in [6.45, 7) is 2.80. The molecule has 2 aromatic rings. The lowest BCUT2D eigenvalue weighted by atomic mass is 9.78. The Morgan fingerprint density at radius 2 is 1.42 bits per heavy atom. The summed E-state index contributed by atoms with van der Waals surface area (Å²) in [6.07, 6.45) is 0. The van der Waals surface area contributed by atoms with Gasteiger partial charge in [0.15, 0.2) is 0 Å². The third-order valence-electron chi connectivity index (χ3n) is 3.84. The van der Waals surface area contributed by atoms with Crippen LogP contribution in [-0.4, -0.2) is 17.4 Å². The zero-order valence-electron chi connectivity index (χ0n) is 11.0. The summed E-state index contributed by atoms with van der Waals surface area (Å²) in [7, 11) is 0. The highest BCUT2D eigenvalue weighted by atomic mass is 16.2. The molecular formula is C17H17NO. The third-order valence-corrected chi connectivity index (χ3v) is 3.84. The van der Waals surface area contributed by atoms with Gasteiger partial charge in [-0.05, 0) is 18.1 Å². The highest BCUT2D eigenvalue weighted by Gasteiger charge is 2.47. The molecule has 0 unspecified atom stereocenters. The van der Waals surface area contributed by atoms with Gasteiger partial charge in [-0.3, -0.25) is 4.79 Å². The molecular weight excluding hydrogens is 234 g/mol. The van der Waals surface area contributed by atoms with E-state index >= 15 is 0 Å². The van der Waals surface area contributed by atoms with E-state index in [9.17, 15) is 4.79 Å². The monoisotopic (exact) mass is 251 g/mol. The van der Waals surface area contributed by atoms with Crippen molar-refractivity contribution in [2.45, 2.75) is 18.9 Å². The number of carbonyl (C=O) groups is 1. The highest BCUT2D eigenvalue weighted by molar-refractivity contribution is 5.91. The molecule has 3 rings (SSSR count). The Morgan fingerprint density at radius 3 is 1.95 bits per heavy atom. The fourth-order valence-corrected chi connectivity index (χ4v) is 2.91. The van der Waals surface area contributed by atoms with Crippen molar-refractivity contribution in [1.82, 2.24) is 4.90 Å². The molecule has 0 N–H and O–H groups in total. The molecule has 1 saturated heterocycles. The first-order chi connectivity index (χ1) is 9.33. The van der Waals surface area contributed by atoms with Crippen LogP contribution in [0.25, 0.3) is 0 Å². The Bertz CT molecular complexity index is 564. The van der Waals surface area contributed by atoms with Gasteiger partial charge in [0.2, 0.25) is 5.91 Å². The average molecular weight is 251 g/mol. The Morgan fingerprint density at radius 1 is 0.895 bits per heavy atom. The van der Waals surface area contributed by atoms with E-state index in [2.05, 4.69) is 12.1 Å². The molecule has 19 heavy (non-hydrogen) atoms. The Balaban J connectivity index is 1.98. The first kappa shape index (κ1) is 12.0. The van der Waals surface area contributed by atoms with E-state index in [1.54, 1.807) is 0 Å². The molecule has 0 bridgehead atoms. The van der Waals surface area contributed by atoms with Crippen LogP contribution in [0.5, 0.6) is 0 Å². The third kappa shape index (κ3) is 1.93. The Kier molecular flexibility index (Phi) is 3.08. The average Bonchev–Trinajstić information content (AvgIpc) is 2.47. The highest BCUT2D eigenvalue weighted by Crippen LogP contribution is 2.45.